The summed E-state index contributed by atoms with van der Waals surface area (Å²) in [5.74, 6) is -0.385. The molecule has 0 saturated heterocycles. The molecule has 2 aromatic carbocycles. The molecule has 2 rings (SSSR count). The van der Waals surface area contributed by atoms with Gasteiger partial charge in [-0.15, -0.1) is 0 Å². The number of hydrogen-bond acceptors (Lipinski definition) is 2. The van der Waals surface area contributed by atoms with E-state index in [2.05, 4.69) is 24.5 Å². The van der Waals surface area contributed by atoms with Crippen LogP contribution in [0.2, 0.25) is 0 Å². The number of nitrogens with one attached hydrogen (secondary N) is 2. The number of hydrogen-bond donors (Lipinski definition) is 2. The van der Waals surface area contributed by atoms with Crippen LogP contribution in [0.3, 0.4) is 0 Å². The van der Waals surface area contributed by atoms with Crippen molar-refractivity contribution in [1.82, 2.24) is 0 Å². The molecular formula is C21H26N2O2. The normalized spacial score (nSPS) is 11.3. The highest BCUT2D eigenvalue weighted by Gasteiger charge is 2.36. The predicted octanol–water partition coefficient (Wildman–Crippen LogP) is 4.72. The van der Waals surface area contributed by atoms with Gasteiger partial charge in [0.25, 0.3) is 0 Å². The maximum Gasteiger partial charge on any atom is 0.239 e. The van der Waals surface area contributed by atoms with Gasteiger partial charge < -0.3 is 10.6 Å². The first-order chi connectivity index (χ1) is 11.7. The summed E-state index contributed by atoms with van der Waals surface area (Å²) in [5, 5.41) is 5.74. The van der Waals surface area contributed by atoms with E-state index in [0.717, 1.165) is 16.8 Å². The van der Waals surface area contributed by atoms with Crippen molar-refractivity contribution in [3.8, 4) is 0 Å². The second kappa shape index (κ2) is 7.51. The summed E-state index contributed by atoms with van der Waals surface area (Å²) >= 11 is 0. The molecule has 0 saturated carbocycles. The lowest BCUT2D eigenvalue weighted by Crippen LogP contribution is -2.41. The number of carbonyl (C=O) groups is 2. The van der Waals surface area contributed by atoms with Gasteiger partial charge in [-0.3, -0.25) is 9.59 Å². The van der Waals surface area contributed by atoms with Gasteiger partial charge in [0.2, 0.25) is 11.8 Å². The second-order valence-electron chi connectivity index (χ2n) is 7.14. The number of anilines is 2. The first-order valence-corrected chi connectivity index (χ1v) is 8.50. The van der Waals surface area contributed by atoms with Crippen LogP contribution in [0.25, 0.3) is 0 Å². The molecule has 25 heavy (non-hydrogen) atoms. The van der Waals surface area contributed by atoms with Crippen LogP contribution in [0.15, 0.2) is 48.5 Å². The molecule has 0 atom stereocenters. The van der Waals surface area contributed by atoms with Crippen molar-refractivity contribution in [3.05, 3.63) is 59.7 Å². The van der Waals surface area contributed by atoms with Crippen LogP contribution in [-0.2, 0) is 9.59 Å². The Morgan fingerprint density at radius 1 is 0.920 bits per heavy atom. The Kier molecular flexibility index (Phi) is 5.62. The molecule has 0 aliphatic carbocycles. The molecule has 2 amide bonds. The van der Waals surface area contributed by atoms with Crippen LogP contribution < -0.4 is 10.6 Å². The summed E-state index contributed by atoms with van der Waals surface area (Å²) in [4.78, 5) is 25.4. The van der Waals surface area contributed by atoms with Gasteiger partial charge >= 0.3 is 0 Å². The highest BCUT2D eigenvalue weighted by molar-refractivity contribution is 6.14. The zero-order valence-electron chi connectivity index (χ0n) is 15.5. The third-order valence-electron chi connectivity index (χ3n) is 4.24. The second-order valence-corrected chi connectivity index (χ2v) is 7.14. The maximum absolute atomic E-state index is 12.7. The largest absolute Gasteiger partial charge is 0.325 e. The molecule has 0 bridgehead atoms. The molecule has 2 N–H and O–H groups in total. The summed E-state index contributed by atoms with van der Waals surface area (Å²) in [6, 6.07) is 15.2. The Labute approximate surface area is 149 Å². The quantitative estimate of drug-likeness (QED) is 0.775. The molecule has 0 aliphatic rings. The Hall–Kier alpha value is -2.62. The van der Waals surface area contributed by atoms with Gasteiger partial charge in [-0.25, -0.2) is 0 Å². The molecule has 0 heterocycles. The van der Waals surface area contributed by atoms with Crippen molar-refractivity contribution in [2.45, 2.75) is 40.5 Å². The van der Waals surface area contributed by atoms with Gasteiger partial charge in [0, 0.05) is 11.4 Å². The molecule has 0 aromatic heterocycles. The molecule has 4 heteroatoms. The fourth-order valence-electron chi connectivity index (χ4n) is 2.51. The molecule has 0 aliphatic heterocycles. The highest BCUT2D eigenvalue weighted by Crippen LogP contribution is 2.27. The maximum atomic E-state index is 12.7. The van der Waals surface area contributed by atoms with E-state index in [1.165, 1.54) is 0 Å². The Morgan fingerprint density at radius 3 is 2.20 bits per heavy atom. The monoisotopic (exact) mass is 338 g/mol. The van der Waals surface area contributed by atoms with Crippen LogP contribution in [-0.4, -0.2) is 11.8 Å². The van der Waals surface area contributed by atoms with Crippen LogP contribution in [0.1, 0.15) is 44.7 Å². The number of amides is 2. The zero-order chi connectivity index (χ0) is 18.6. The molecule has 4 nitrogen and oxygen atoms in total. The minimum atomic E-state index is -1.20. The molecule has 0 spiro atoms. The van der Waals surface area contributed by atoms with E-state index in [4.69, 9.17) is 0 Å². The molecule has 0 radical (unpaired) electrons. The third-order valence-corrected chi connectivity index (χ3v) is 4.24. The van der Waals surface area contributed by atoms with Crippen molar-refractivity contribution < 1.29 is 9.59 Å². The zero-order valence-corrected chi connectivity index (χ0v) is 15.5. The number of rotatable bonds is 5. The highest BCUT2D eigenvalue weighted by atomic mass is 16.2. The lowest BCUT2D eigenvalue weighted by Gasteiger charge is -2.24. The Balaban J connectivity index is 2.15. The van der Waals surface area contributed by atoms with Crippen molar-refractivity contribution in [2.24, 2.45) is 5.41 Å². The van der Waals surface area contributed by atoms with E-state index in [9.17, 15) is 9.59 Å². The van der Waals surface area contributed by atoms with E-state index in [1.807, 2.05) is 55.5 Å². The molecule has 0 fully saturated rings. The third kappa shape index (κ3) is 4.47. The average Bonchev–Trinajstić information content (AvgIpc) is 2.55. The summed E-state index contributed by atoms with van der Waals surface area (Å²) in [6.45, 7) is 9.36. The number of para-hydroxylation sites is 1. The van der Waals surface area contributed by atoms with E-state index in [0.29, 0.717) is 5.69 Å². The predicted molar refractivity (Wildman–Crippen MR) is 103 cm³/mol. The van der Waals surface area contributed by atoms with Gasteiger partial charge in [0.05, 0.1) is 0 Å². The molecule has 0 unspecified atom stereocenters. The summed E-state index contributed by atoms with van der Waals surface area (Å²) in [5.41, 5.74) is 2.33. The van der Waals surface area contributed by atoms with E-state index < -0.39 is 5.41 Å². The van der Waals surface area contributed by atoms with Crippen molar-refractivity contribution in [1.29, 1.82) is 0 Å². The minimum Gasteiger partial charge on any atom is -0.325 e. The fraction of sp³-hybridized carbons (Fsp3) is 0.333. The topological polar surface area (TPSA) is 58.2 Å². The van der Waals surface area contributed by atoms with Gasteiger partial charge in [0.1, 0.15) is 5.41 Å². The van der Waals surface area contributed by atoms with Crippen molar-refractivity contribution >= 4 is 23.2 Å². The molecular weight excluding hydrogens is 312 g/mol. The summed E-state index contributed by atoms with van der Waals surface area (Å²) < 4.78 is 0. The Morgan fingerprint density at radius 2 is 1.56 bits per heavy atom. The number of carbonyl (C=O) groups excluding carboxylic acids is 2. The molecule has 132 valence electrons. The van der Waals surface area contributed by atoms with Gasteiger partial charge in [0.15, 0.2) is 0 Å². The van der Waals surface area contributed by atoms with Gasteiger partial charge in [-0.05, 0) is 56.0 Å². The lowest BCUT2D eigenvalue weighted by molar-refractivity contribution is -0.135. The standard InChI is InChI=1S/C21H26N2O2/c1-14(2)17-11-6-7-12-18(17)23-20(25)21(4,5)19(24)22-16-10-8-9-15(3)13-16/h6-14H,1-5H3,(H,22,24)(H,23,25). The number of aryl methyl sites for hydroxylation is 1. The van der Waals surface area contributed by atoms with E-state index in [-0.39, 0.29) is 17.7 Å². The van der Waals surface area contributed by atoms with Crippen LogP contribution in [0.4, 0.5) is 11.4 Å². The summed E-state index contributed by atoms with van der Waals surface area (Å²) in [6.07, 6.45) is 0. The van der Waals surface area contributed by atoms with Crippen LogP contribution in [0, 0.1) is 12.3 Å². The average molecular weight is 338 g/mol. The first kappa shape index (κ1) is 18.7. The van der Waals surface area contributed by atoms with Crippen molar-refractivity contribution in [2.75, 3.05) is 10.6 Å². The van der Waals surface area contributed by atoms with Gasteiger partial charge in [-0.2, -0.15) is 0 Å². The minimum absolute atomic E-state index is 0.278. The summed E-state index contributed by atoms with van der Waals surface area (Å²) in [7, 11) is 0. The van der Waals surface area contributed by atoms with E-state index in [1.54, 1.807) is 13.8 Å². The van der Waals surface area contributed by atoms with E-state index >= 15 is 0 Å². The van der Waals surface area contributed by atoms with Crippen LogP contribution in [0.5, 0.6) is 0 Å². The smallest absolute Gasteiger partial charge is 0.239 e. The fourth-order valence-corrected chi connectivity index (χ4v) is 2.51. The van der Waals surface area contributed by atoms with Crippen molar-refractivity contribution in [3.63, 3.8) is 0 Å². The van der Waals surface area contributed by atoms with Crippen LogP contribution >= 0.6 is 0 Å². The van der Waals surface area contributed by atoms with Gasteiger partial charge in [-0.1, -0.05) is 44.2 Å². The SMILES string of the molecule is Cc1cccc(NC(=O)C(C)(C)C(=O)Nc2ccccc2C(C)C)c1. The first-order valence-electron chi connectivity index (χ1n) is 8.50. The Bertz CT molecular complexity index is 779. The lowest BCUT2D eigenvalue weighted by atomic mass is 9.90. The number of benzene rings is 2. The molecule has 2 aromatic rings.